The molecule has 0 aliphatic carbocycles. The maximum Gasteiger partial charge on any atom is 0.0717 e. The smallest absolute Gasteiger partial charge is 0.0717 e. The summed E-state index contributed by atoms with van der Waals surface area (Å²) in [6.45, 7) is 0.332. The fourth-order valence-electron chi connectivity index (χ4n) is 0.946. The van der Waals surface area contributed by atoms with Crippen LogP contribution in [0.15, 0.2) is 30.3 Å². The number of hydrogen-bond acceptors (Lipinski definition) is 4. The highest BCUT2D eigenvalue weighted by atomic mass is 16.5. The molecule has 1 atom stereocenters. The number of nitrogens with two attached hydrogens (primary N) is 1. The van der Waals surface area contributed by atoms with Crippen molar-refractivity contribution in [1.29, 1.82) is 0 Å². The molecule has 0 spiro atoms. The fourth-order valence-corrected chi connectivity index (χ4v) is 0.946. The van der Waals surface area contributed by atoms with Gasteiger partial charge in [0.25, 0.3) is 0 Å². The molecular weight excluding hydrogens is 182 g/mol. The number of carbonyl (C=O) groups excluding carboxylic acids is 1. The molecule has 0 amide bonds. The second-order valence-electron chi connectivity index (χ2n) is 2.93. The second kappa shape index (κ2) is 5.36. The van der Waals surface area contributed by atoms with E-state index in [1.807, 2.05) is 30.3 Å². The third-order valence-electron chi connectivity index (χ3n) is 1.71. The Morgan fingerprint density at radius 2 is 2.07 bits per heavy atom. The molecule has 1 rings (SSSR count). The minimum absolute atomic E-state index is 0.0305. The van der Waals surface area contributed by atoms with Crippen LogP contribution in [-0.2, 0) is 16.1 Å². The van der Waals surface area contributed by atoms with E-state index in [0.717, 1.165) is 5.56 Å². The van der Waals surface area contributed by atoms with Crippen LogP contribution in [0, 0.1) is 0 Å². The normalized spacial score (nSPS) is 12.4. The third-order valence-corrected chi connectivity index (χ3v) is 1.71. The van der Waals surface area contributed by atoms with Gasteiger partial charge < -0.3 is 20.4 Å². The SMILES string of the molecule is NC(COCc1ccccc1)C(=O)[O-]. The molecule has 0 radical (unpaired) electrons. The van der Waals surface area contributed by atoms with Crippen molar-refractivity contribution in [1.82, 2.24) is 0 Å². The van der Waals surface area contributed by atoms with Crippen molar-refractivity contribution in [3.05, 3.63) is 35.9 Å². The van der Waals surface area contributed by atoms with E-state index < -0.39 is 12.0 Å². The molecule has 1 unspecified atom stereocenters. The zero-order valence-electron chi connectivity index (χ0n) is 7.68. The first-order valence-corrected chi connectivity index (χ1v) is 4.28. The first-order chi connectivity index (χ1) is 6.70. The van der Waals surface area contributed by atoms with E-state index in [9.17, 15) is 9.90 Å². The fraction of sp³-hybridized carbons (Fsp3) is 0.300. The predicted molar refractivity (Wildman–Crippen MR) is 49.1 cm³/mol. The first kappa shape index (κ1) is 10.7. The van der Waals surface area contributed by atoms with Gasteiger partial charge in [0.2, 0.25) is 0 Å². The lowest BCUT2D eigenvalue weighted by Crippen LogP contribution is -2.44. The van der Waals surface area contributed by atoms with Crippen LogP contribution in [0.4, 0.5) is 0 Å². The van der Waals surface area contributed by atoms with Crippen LogP contribution in [0.5, 0.6) is 0 Å². The number of carboxylic acid groups (broad SMARTS) is 1. The standard InChI is InChI=1S/C10H13NO3/c11-9(10(12)13)7-14-6-8-4-2-1-3-5-8/h1-5,9H,6-7,11H2,(H,12,13)/p-1. The summed E-state index contributed by atoms with van der Waals surface area (Å²) in [5.74, 6) is -1.29. The molecule has 2 N–H and O–H groups in total. The summed E-state index contributed by atoms with van der Waals surface area (Å²) in [7, 11) is 0. The van der Waals surface area contributed by atoms with E-state index in [1.54, 1.807) is 0 Å². The van der Waals surface area contributed by atoms with Gasteiger partial charge in [-0.25, -0.2) is 0 Å². The Bertz CT molecular complexity index is 287. The molecule has 1 aromatic rings. The molecule has 0 aliphatic rings. The van der Waals surface area contributed by atoms with Gasteiger partial charge in [0.1, 0.15) is 0 Å². The summed E-state index contributed by atoms with van der Waals surface area (Å²) >= 11 is 0. The minimum atomic E-state index is -1.29. The number of benzene rings is 1. The molecular formula is C10H12NO3-. The molecule has 0 aromatic heterocycles. The molecule has 14 heavy (non-hydrogen) atoms. The van der Waals surface area contributed by atoms with Crippen molar-refractivity contribution in [2.24, 2.45) is 5.73 Å². The van der Waals surface area contributed by atoms with Gasteiger partial charge in [-0.2, -0.15) is 0 Å². The summed E-state index contributed by atoms with van der Waals surface area (Å²) in [5.41, 5.74) is 6.18. The number of carboxylic acids is 1. The number of ether oxygens (including phenoxy) is 1. The largest absolute Gasteiger partial charge is 0.548 e. The van der Waals surface area contributed by atoms with Crippen molar-refractivity contribution >= 4 is 5.97 Å². The summed E-state index contributed by atoms with van der Waals surface area (Å²) in [4.78, 5) is 10.2. The molecule has 1 aromatic carbocycles. The Labute approximate surface area is 82.3 Å². The molecule has 0 saturated carbocycles. The van der Waals surface area contributed by atoms with Crippen LogP contribution < -0.4 is 10.8 Å². The molecule has 0 saturated heterocycles. The van der Waals surface area contributed by atoms with Crippen molar-refractivity contribution in [2.45, 2.75) is 12.6 Å². The van der Waals surface area contributed by atoms with Crippen molar-refractivity contribution in [2.75, 3.05) is 6.61 Å². The van der Waals surface area contributed by atoms with Crippen LogP contribution in [0.3, 0.4) is 0 Å². The van der Waals surface area contributed by atoms with Crippen LogP contribution in [0.25, 0.3) is 0 Å². The lowest BCUT2D eigenvalue weighted by atomic mass is 10.2. The van der Waals surface area contributed by atoms with Crippen molar-refractivity contribution in [3.63, 3.8) is 0 Å². The molecule has 76 valence electrons. The minimum Gasteiger partial charge on any atom is -0.548 e. The predicted octanol–water partition coefficient (Wildman–Crippen LogP) is -0.720. The topological polar surface area (TPSA) is 75.4 Å². The molecule has 0 fully saturated rings. The summed E-state index contributed by atoms with van der Waals surface area (Å²) in [6, 6.07) is 8.40. The Hall–Kier alpha value is -1.39. The molecule has 0 aliphatic heterocycles. The van der Waals surface area contributed by atoms with Gasteiger partial charge in [0.05, 0.1) is 25.2 Å². The van der Waals surface area contributed by atoms with E-state index in [2.05, 4.69) is 0 Å². The quantitative estimate of drug-likeness (QED) is 0.671. The summed E-state index contributed by atoms with van der Waals surface area (Å²) in [6.07, 6.45) is 0. The molecule has 0 heterocycles. The Kier molecular flexibility index (Phi) is 4.10. The van der Waals surface area contributed by atoms with E-state index in [0.29, 0.717) is 6.61 Å². The number of carbonyl (C=O) groups is 1. The zero-order valence-corrected chi connectivity index (χ0v) is 7.68. The highest BCUT2D eigenvalue weighted by Crippen LogP contribution is 2.00. The lowest BCUT2D eigenvalue weighted by molar-refractivity contribution is -0.308. The maximum absolute atomic E-state index is 10.2. The van der Waals surface area contributed by atoms with Gasteiger partial charge >= 0.3 is 0 Å². The van der Waals surface area contributed by atoms with Gasteiger partial charge in [-0.3, -0.25) is 0 Å². The van der Waals surface area contributed by atoms with Crippen molar-refractivity contribution < 1.29 is 14.6 Å². The van der Waals surface area contributed by atoms with Crippen LogP contribution >= 0.6 is 0 Å². The number of hydrogen-bond donors (Lipinski definition) is 1. The van der Waals surface area contributed by atoms with E-state index in [4.69, 9.17) is 10.5 Å². The lowest BCUT2D eigenvalue weighted by Gasteiger charge is -2.12. The van der Waals surface area contributed by atoms with Gasteiger partial charge in [-0.1, -0.05) is 30.3 Å². The van der Waals surface area contributed by atoms with E-state index in [1.165, 1.54) is 0 Å². The second-order valence-corrected chi connectivity index (χ2v) is 2.93. The monoisotopic (exact) mass is 194 g/mol. The van der Waals surface area contributed by atoms with Gasteiger partial charge in [-0.05, 0) is 5.56 Å². The summed E-state index contributed by atoms with van der Waals surface area (Å²) < 4.78 is 5.10. The van der Waals surface area contributed by atoms with E-state index >= 15 is 0 Å². The Morgan fingerprint density at radius 3 is 2.64 bits per heavy atom. The summed E-state index contributed by atoms with van der Waals surface area (Å²) in [5, 5.41) is 10.2. The third kappa shape index (κ3) is 3.55. The number of rotatable bonds is 5. The average Bonchev–Trinajstić information content (AvgIpc) is 2.19. The van der Waals surface area contributed by atoms with Gasteiger partial charge in [0, 0.05) is 0 Å². The molecule has 0 bridgehead atoms. The van der Waals surface area contributed by atoms with Gasteiger partial charge in [0.15, 0.2) is 0 Å². The molecule has 4 heteroatoms. The van der Waals surface area contributed by atoms with Crippen molar-refractivity contribution in [3.8, 4) is 0 Å². The average molecular weight is 194 g/mol. The maximum atomic E-state index is 10.2. The highest BCUT2D eigenvalue weighted by molar-refractivity contribution is 5.70. The first-order valence-electron chi connectivity index (χ1n) is 4.28. The number of aliphatic carboxylic acids is 1. The molecule has 4 nitrogen and oxygen atoms in total. The van der Waals surface area contributed by atoms with Gasteiger partial charge in [-0.15, -0.1) is 0 Å². The van der Waals surface area contributed by atoms with Crippen LogP contribution in [0.1, 0.15) is 5.56 Å². The Morgan fingerprint density at radius 1 is 1.43 bits per heavy atom. The highest BCUT2D eigenvalue weighted by Gasteiger charge is 2.02. The van der Waals surface area contributed by atoms with E-state index in [-0.39, 0.29) is 6.61 Å². The zero-order chi connectivity index (χ0) is 10.4. The Balaban J connectivity index is 2.26. The van der Waals surface area contributed by atoms with Crippen LogP contribution in [0.2, 0.25) is 0 Å². The van der Waals surface area contributed by atoms with Crippen LogP contribution in [-0.4, -0.2) is 18.6 Å².